The third-order valence-electron chi connectivity index (χ3n) is 9.46. The zero-order chi connectivity index (χ0) is 34.5. The molecule has 2 unspecified atom stereocenters. The third-order valence-corrected chi connectivity index (χ3v) is 13.9. The van der Waals surface area contributed by atoms with Crippen LogP contribution in [0.25, 0.3) is 0 Å². The fourth-order valence-electron chi connectivity index (χ4n) is 5.73. The third kappa shape index (κ3) is 7.39. The van der Waals surface area contributed by atoms with Crippen LogP contribution in [0.2, 0.25) is 18.1 Å². The average Bonchev–Trinajstić information content (AvgIpc) is 3.38. The number of hydrogen-bond donors (Lipinski definition) is 0. The first-order valence-corrected chi connectivity index (χ1v) is 19.1. The number of methoxy groups -OCH3 is 2. The Kier molecular flexibility index (Phi) is 10.8. The predicted molar refractivity (Wildman–Crippen MR) is 190 cm³/mol. The molecule has 5 rings (SSSR count). The van der Waals surface area contributed by atoms with E-state index in [4.69, 9.17) is 36.0 Å². The predicted octanol–water partition coefficient (Wildman–Crippen LogP) is 7.52. The van der Waals surface area contributed by atoms with Gasteiger partial charge in [0.15, 0.2) is 8.32 Å². The van der Waals surface area contributed by atoms with Gasteiger partial charge in [-0.15, -0.1) is 0 Å². The SMILES string of the molecule is [B][C@@H]1O[C@H](COC(=O)c2ccccc2)C(O[Si](C)(C)C(C)(C)C)C1OC(c1ccccc1)(c1ccc(OC)cc1)c1ccc(OC)cc1. The van der Waals surface area contributed by atoms with Crippen molar-refractivity contribution in [3.05, 3.63) is 131 Å². The van der Waals surface area contributed by atoms with E-state index in [0.29, 0.717) is 5.56 Å². The lowest BCUT2D eigenvalue weighted by molar-refractivity contribution is -0.0891. The fraction of sp³-hybridized carbons (Fsp3) is 0.359. The van der Waals surface area contributed by atoms with Gasteiger partial charge in [-0.3, -0.25) is 0 Å². The summed E-state index contributed by atoms with van der Waals surface area (Å²) in [5, 5.41) is -0.127. The first kappa shape index (κ1) is 35.4. The monoisotopic (exact) mass is 664 g/mol. The van der Waals surface area contributed by atoms with Crippen molar-refractivity contribution >= 4 is 22.1 Å². The first-order valence-electron chi connectivity index (χ1n) is 16.2. The maximum atomic E-state index is 13.0. The molecular formula is C39H45BO7Si. The summed E-state index contributed by atoms with van der Waals surface area (Å²) in [5.41, 5.74) is 1.90. The van der Waals surface area contributed by atoms with Crippen LogP contribution in [0.4, 0.5) is 0 Å². The van der Waals surface area contributed by atoms with Gasteiger partial charge in [0.05, 0.1) is 19.8 Å². The molecule has 9 heteroatoms. The highest BCUT2D eigenvalue weighted by molar-refractivity contribution is 6.74. The Morgan fingerprint density at radius 1 is 0.729 bits per heavy atom. The molecular weight excluding hydrogens is 619 g/mol. The van der Waals surface area contributed by atoms with E-state index in [-0.39, 0.29) is 11.6 Å². The summed E-state index contributed by atoms with van der Waals surface area (Å²) in [6.45, 7) is 10.8. The Labute approximate surface area is 287 Å². The summed E-state index contributed by atoms with van der Waals surface area (Å²) in [6.07, 6.45) is -2.08. The van der Waals surface area contributed by atoms with Crippen LogP contribution >= 0.6 is 0 Å². The van der Waals surface area contributed by atoms with Crippen LogP contribution in [0.3, 0.4) is 0 Å². The van der Waals surface area contributed by atoms with Gasteiger partial charge in [-0.2, -0.15) is 0 Å². The van der Waals surface area contributed by atoms with Crippen molar-refractivity contribution in [1.82, 2.24) is 0 Å². The van der Waals surface area contributed by atoms with Crippen LogP contribution in [-0.2, 0) is 24.2 Å². The van der Waals surface area contributed by atoms with Crippen LogP contribution < -0.4 is 9.47 Å². The van der Waals surface area contributed by atoms with E-state index >= 15 is 0 Å². The van der Waals surface area contributed by atoms with E-state index < -0.39 is 44.2 Å². The molecule has 2 radical (unpaired) electrons. The number of hydrogen-bond acceptors (Lipinski definition) is 7. The van der Waals surface area contributed by atoms with Crippen molar-refractivity contribution in [2.75, 3.05) is 20.8 Å². The summed E-state index contributed by atoms with van der Waals surface area (Å²) in [5.74, 6) is 0.991. The highest BCUT2D eigenvalue weighted by atomic mass is 28.4. The van der Waals surface area contributed by atoms with Crippen molar-refractivity contribution in [3.63, 3.8) is 0 Å². The molecule has 0 aliphatic carbocycles. The first-order chi connectivity index (χ1) is 22.9. The highest BCUT2D eigenvalue weighted by Gasteiger charge is 2.53. The van der Waals surface area contributed by atoms with Gasteiger partial charge in [0.1, 0.15) is 49.9 Å². The van der Waals surface area contributed by atoms with E-state index in [1.54, 1.807) is 38.5 Å². The van der Waals surface area contributed by atoms with Gasteiger partial charge < -0.3 is 28.1 Å². The van der Waals surface area contributed by atoms with E-state index in [9.17, 15) is 4.79 Å². The fourth-order valence-corrected chi connectivity index (χ4v) is 7.05. The van der Waals surface area contributed by atoms with Crippen molar-refractivity contribution in [1.29, 1.82) is 0 Å². The standard InChI is InChI=1S/C39H45BO7Si/c1-38(2,3)48(6,7)47-34-33(26-44-37(41)27-14-10-8-11-15-27)45-36(40)35(34)46-39(28-16-12-9-13-17-28,29-18-22-31(42-4)23-19-29)30-20-24-32(43-5)25-21-30/h8-25,33-36H,26H2,1-7H3/t33-,34?,35?,36-/m1/s1. The molecule has 1 heterocycles. The van der Waals surface area contributed by atoms with Gasteiger partial charge in [0.25, 0.3) is 0 Å². The lowest BCUT2D eigenvalue weighted by Crippen LogP contribution is -2.52. The minimum Gasteiger partial charge on any atom is -0.497 e. The zero-order valence-corrected chi connectivity index (χ0v) is 29.8. The number of rotatable bonds is 12. The molecule has 1 aliphatic rings. The smallest absolute Gasteiger partial charge is 0.338 e. The van der Waals surface area contributed by atoms with Crippen molar-refractivity contribution in [2.24, 2.45) is 0 Å². The number of esters is 1. The molecule has 1 fully saturated rings. The second-order valence-electron chi connectivity index (χ2n) is 13.5. The number of carbonyl (C=O) groups is 1. The quantitative estimate of drug-likeness (QED) is 0.0882. The summed E-state index contributed by atoms with van der Waals surface area (Å²) in [6, 6.07) is 33.7. The maximum absolute atomic E-state index is 13.0. The van der Waals surface area contributed by atoms with Gasteiger partial charge >= 0.3 is 5.97 Å². The molecule has 7 nitrogen and oxygen atoms in total. The second kappa shape index (κ2) is 14.7. The summed E-state index contributed by atoms with van der Waals surface area (Å²) in [7, 11) is 7.70. The molecule has 48 heavy (non-hydrogen) atoms. The molecule has 0 saturated carbocycles. The molecule has 0 aromatic heterocycles. The van der Waals surface area contributed by atoms with Crippen LogP contribution in [-0.4, -0.2) is 67.3 Å². The topological polar surface area (TPSA) is 72.5 Å². The summed E-state index contributed by atoms with van der Waals surface area (Å²) in [4.78, 5) is 13.0. The number of ether oxygens (including phenoxy) is 5. The van der Waals surface area contributed by atoms with Gasteiger partial charge in [-0.1, -0.05) is 93.6 Å². The van der Waals surface area contributed by atoms with E-state index in [0.717, 1.165) is 28.2 Å². The van der Waals surface area contributed by atoms with Crippen molar-refractivity contribution in [2.45, 2.75) is 68.8 Å². The Bertz CT molecular complexity index is 1580. The molecule has 0 spiro atoms. The molecule has 0 N–H and O–H groups in total. The van der Waals surface area contributed by atoms with E-state index in [1.165, 1.54) is 0 Å². The maximum Gasteiger partial charge on any atom is 0.338 e. The Hall–Kier alpha value is -3.89. The Morgan fingerprint density at radius 3 is 1.69 bits per heavy atom. The van der Waals surface area contributed by atoms with Gasteiger partial charge in [0.2, 0.25) is 0 Å². The number of carbonyl (C=O) groups excluding carboxylic acids is 1. The molecule has 4 aromatic rings. The van der Waals surface area contributed by atoms with Gasteiger partial charge in [0, 0.05) is 6.00 Å². The molecule has 1 saturated heterocycles. The van der Waals surface area contributed by atoms with Crippen LogP contribution in [0, 0.1) is 0 Å². The second-order valence-corrected chi connectivity index (χ2v) is 18.3. The van der Waals surface area contributed by atoms with Crippen LogP contribution in [0.5, 0.6) is 11.5 Å². The molecule has 0 bridgehead atoms. The molecule has 4 atom stereocenters. The summed E-state index contributed by atoms with van der Waals surface area (Å²) < 4.78 is 37.8. The molecule has 250 valence electrons. The lowest BCUT2D eigenvalue weighted by Gasteiger charge is -2.44. The lowest BCUT2D eigenvalue weighted by atomic mass is 9.79. The largest absolute Gasteiger partial charge is 0.497 e. The highest BCUT2D eigenvalue weighted by Crippen LogP contribution is 2.46. The van der Waals surface area contributed by atoms with Crippen LogP contribution in [0.1, 0.15) is 47.8 Å². The Morgan fingerprint density at radius 2 is 1.21 bits per heavy atom. The normalized spacial score (nSPS) is 19.9. The minimum absolute atomic E-state index is 0.0516. The number of benzene rings is 4. The minimum atomic E-state index is -2.43. The van der Waals surface area contributed by atoms with E-state index in [2.05, 4.69) is 33.9 Å². The average molecular weight is 665 g/mol. The van der Waals surface area contributed by atoms with Crippen LogP contribution in [0.15, 0.2) is 109 Å². The summed E-state index contributed by atoms with van der Waals surface area (Å²) >= 11 is 0. The van der Waals surface area contributed by atoms with E-state index in [1.807, 2.05) is 84.9 Å². The van der Waals surface area contributed by atoms with Gasteiger partial charge in [-0.25, -0.2) is 4.79 Å². The van der Waals surface area contributed by atoms with Crippen molar-refractivity contribution < 1.29 is 32.9 Å². The molecule has 1 aliphatic heterocycles. The Balaban J connectivity index is 1.62. The molecule has 0 amide bonds. The zero-order valence-electron chi connectivity index (χ0n) is 28.8. The van der Waals surface area contributed by atoms with Gasteiger partial charge in [-0.05, 0) is 71.2 Å². The van der Waals surface area contributed by atoms with Crippen molar-refractivity contribution in [3.8, 4) is 11.5 Å². The molecule has 4 aromatic carbocycles.